The molecular formula is C20H30N4OS. The average molecular weight is 375 g/mol. The molecule has 1 N–H and O–H groups in total. The molecule has 0 bridgehead atoms. The number of aromatic nitrogens is 1. The Kier molecular flexibility index (Phi) is 7.02. The number of benzene rings is 1. The van der Waals surface area contributed by atoms with Crippen LogP contribution in [0, 0.1) is 0 Å². The van der Waals surface area contributed by atoms with Crippen LogP contribution in [0.4, 0.5) is 5.13 Å². The van der Waals surface area contributed by atoms with Gasteiger partial charge in [0.2, 0.25) is 0 Å². The van der Waals surface area contributed by atoms with E-state index in [1.54, 1.807) is 11.3 Å². The zero-order valence-electron chi connectivity index (χ0n) is 15.8. The Morgan fingerprint density at radius 3 is 2.73 bits per heavy atom. The highest BCUT2D eigenvalue weighted by atomic mass is 32.1. The Hall–Kier alpha value is -1.47. The first kappa shape index (κ1) is 19.3. The van der Waals surface area contributed by atoms with Crippen LogP contribution in [-0.4, -0.2) is 72.8 Å². The van der Waals surface area contributed by atoms with E-state index in [0.717, 1.165) is 50.7 Å². The molecule has 2 heterocycles. The van der Waals surface area contributed by atoms with Gasteiger partial charge in [0.05, 0.1) is 0 Å². The summed E-state index contributed by atoms with van der Waals surface area (Å²) in [6.07, 6.45) is 3.92. The number of rotatable bonds is 8. The van der Waals surface area contributed by atoms with Crippen LogP contribution in [0.25, 0.3) is 0 Å². The van der Waals surface area contributed by atoms with Gasteiger partial charge in [-0.2, -0.15) is 0 Å². The molecule has 0 saturated carbocycles. The highest BCUT2D eigenvalue weighted by Gasteiger charge is 2.26. The molecule has 2 aromatic rings. The van der Waals surface area contributed by atoms with Crippen molar-refractivity contribution in [2.24, 2.45) is 0 Å². The van der Waals surface area contributed by atoms with E-state index in [-0.39, 0.29) is 6.61 Å². The van der Waals surface area contributed by atoms with Crippen molar-refractivity contribution < 1.29 is 5.11 Å². The van der Waals surface area contributed by atoms with Gasteiger partial charge in [0.25, 0.3) is 0 Å². The molecule has 3 rings (SSSR count). The summed E-state index contributed by atoms with van der Waals surface area (Å²) in [4.78, 5) is 12.9. The van der Waals surface area contributed by atoms with Gasteiger partial charge in [-0.1, -0.05) is 30.3 Å². The van der Waals surface area contributed by atoms with E-state index in [2.05, 4.69) is 50.0 Å². The third-order valence-corrected chi connectivity index (χ3v) is 6.13. The predicted octanol–water partition coefficient (Wildman–Crippen LogP) is 2.32. The van der Waals surface area contributed by atoms with E-state index >= 15 is 0 Å². The van der Waals surface area contributed by atoms with Gasteiger partial charge < -0.3 is 10.0 Å². The third kappa shape index (κ3) is 5.27. The third-order valence-electron chi connectivity index (χ3n) is 4.99. The summed E-state index contributed by atoms with van der Waals surface area (Å²) in [7, 11) is 4.07. The fourth-order valence-corrected chi connectivity index (χ4v) is 4.41. The second kappa shape index (κ2) is 9.46. The Morgan fingerprint density at radius 2 is 2.04 bits per heavy atom. The summed E-state index contributed by atoms with van der Waals surface area (Å²) in [5.74, 6) is 0. The van der Waals surface area contributed by atoms with Crippen molar-refractivity contribution in [3.63, 3.8) is 0 Å². The Labute approximate surface area is 160 Å². The lowest BCUT2D eigenvalue weighted by Gasteiger charge is -2.41. The number of thiazole rings is 1. The maximum Gasteiger partial charge on any atom is 0.185 e. The molecule has 142 valence electrons. The lowest BCUT2D eigenvalue weighted by Crippen LogP contribution is -2.53. The number of aliphatic hydroxyl groups is 1. The molecule has 1 unspecified atom stereocenters. The molecule has 5 nitrogen and oxygen atoms in total. The van der Waals surface area contributed by atoms with Crippen molar-refractivity contribution in [2.75, 3.05) is 51.8 Å². The molecular weight excluding hydrogens is 344 g/mol. The van der Waals surface area contributed by atoms with Crippen molar-refractivity contribution in [1.82, 2.24) is 14.8 Å². The SMILES string of the molecule is CN(C)c1ncc(CN2CCN(CCc3ccccc3)C(CCO)C2)s1. The summed E-state index contributed by atoms with van der Waals surface area (Å²) < 4.78 is 0. The molecule has 0 radical (unpaired) electrons. The smallest absolute Gasteiger partial charge is 0.185 e. The van der Waals surface area contributed by atoms with Gasteiger partial charge in [-0.15, -0.1) is 11.3 Å². The van der Waals surface area contributed by atoms with E-state index < -0.39 is 0 Å². The standard InChI is InChI=1S/C20H30N4OS/c1-22(2)20-21-14-19(26-20)16-23-11-12-24(18(15-23)9-13-25)10-8-17-6-4-3-5-7-17/h3-7,14,18,25H,8-13,15-16H2,1-2H3. The van der Waals surface area contributed by atoms with Crippen LogP contribution in [-0.2, 0) is 13.0 Å². The molecule has 1 aromatic carbocycles. The Morgan fingerprint density at radius 1 is 1.23 bits per heavy atom. The fourth-order valence-electron chi connectivity index (χ4n) is 3.53. The van der Waals surface area contributed by atoms with E-state index in [1.807, 2.05) is 20.3 Å². The van der Waals surface area contributed by atoms with Crippen molar-refractivity contribution in [3.05, 3.63) is 47.0 Å². The van der Waals surface area contributed by atoms with Gasteiger partial charge in [0.15, 0.2) is 5.13 Å². The first-order chi connectivity index (χ1) is 12.7. The zero-order chi connectivity index (χ0) is 18.4. The highest BCUT2D eigenvalue weighted by molar-refractivity contribution is 7.15. The molecule has 0 aliphatic carbocycles. The number of aliphatic hydroxyl groups excluding tert-OH is 1. The minimum absolute atomic E-state index is 0.256. The second-order valence-corrected chi connectivity index (χ2v) is 8.27. The highest BCUT2D eigenvalue weighted by Crippen LogP contribution is 2.23. The van der Waals surface area contributed by atoms with Crippen LogP contribution in [0.2, 0.25) is 0 Å². The van der Waals surface area contributed by atoms with Crippen LogP contribution < -0.4 is 4.90 Å². The van der Waals surface area contributed by atoms with E-state index in [1.165, 1.54) is 10.4 Å². The van der Waals surface area contributed by atoms with E-state index in [9.17, 15) is 5.11 Å². The first-order valence-corrected chi connectivity index (χ1v) is 10.2. The summed E-state index contributed by atoms with van der Waals surface area (Å²) in [5.41, 5.74) is 1.39. The minimum Gasteiger partial charge on any atom is -0.396 e. The molecule has 1 fully saturated rings. The number of hydrogen-bond donors (Lipinski definition) is 1. The lowest BCUT2D eigenvalue weighted by molar-refractivity contribution is 0.0567. The quantitative estimate of drug-likeness (QED) is 0.768. The summed E-state index contributed by atoms with van der Waals surface area (Å²) in [6.45, 7) is 5.44. The molecule has 0 amide bonds. The van der Waals surface area contributed by atoms with Gasteiger partial charge in [-0.3, -0.25) is 9.80 Å². The minimum atomic E-state index is 0.256. The number of nitrogens with zero attached hydrogens (tertiary/aromatic N) is 4. The summed E-state index contributed by atoms with van der Waals surface area (Å²) in [5, 5.41) is 10.6. The molecule has 6 heteroatoms. The van der Waals surface area contributed by atoms with Gasteiger partial charge in [-0.05, 0) is 18.4 Å². The van der Waals surface area contributed by atoms with Crippen LogP contribution in [0.3, 0.4) is 0 Å². The summed E-state index contributed by atoms with van der Waals surface area (Å²) >= 11 is 1.77. The van der Waals surface area contributed by atoms with Gasteiger partial charge in [0, 0.05) is 70.5 Å². The average Bonchev–Trinajstić information content (AvgIpc) is 3.11. The van der Waals surface area contributed by atoms with Gasteiger partial charge in [0.1, 0.15) is 0 Å². The number of piperazine rings is 1. The van der Waals surface area contributed by atoms with Crippen molar-refractivity contribution in [2.45, 2.75) is 25.4 Å². The monoisotopic (exact) mass is 374 g/mol. The lowest BCUT2D eigenvalue weighted by atomic mass is 10.1. The molecule has 1 saturated heterocycles. The maximum absolute atomic E-state index is 9.50. The van der Waals surface area contributed by atoms with Crippen LogP contribution in [0.5, 0.6) is 0 Å². The first-order valence-electron chi connectivity index (χ1n) is 9.39. The van der Waals surface area contributed by atoms with E-state index in [0.29, 0.717) is 6.04 Å². The molecule has 1 aliphatic rings. The molecule has 26 heavy (non-hydrogen) atoms. The molecule has 1 aliphatic heterocycles. The van der Waals surface area contributed by atoms with Crippen LogP contribution >= 0.6 is 11.3 Å². The normalized spacial score (nSPS) is 19.0. The molecule has 1 atom stereocenters. The second-order valence-electron chi connectivity index (χ2n) is 7.18. The number of anilines is 1. The summed E-state index contributed by atoms with van der Waals surface area (Å²) in [6, 6.07) is 11.1. The predicted molar refractivity (Wildman–Crippen MR) is 109 cm³/mol. The maximum atomic E-state index is 9.50. The topological polar surface area (TPSA) is 42.8 Å². The van der Waals surface area contributed by atoms with Gasteiger partial charge in [-0.25, -0.2) is 4.98 Å². The van der Waals surface area contributed by atoms with Crippen LogP contribution in [0.1, 0.15) is 16.9 Å². The van der Waals surface area contributed by atoms with Crippen LogP contribution in [0.15, 0.2) is 36.5 Å². The van der Waals surface area contributed by atoms with E-state index in [4.69, 9.17) is 0 Å². The molecule has 1 aromatic heterocycles. The van der Waals surface area contributed by atoms with Crippen molar-refractivity contribution in [1.29, 1.82) is 0 Å². The zero-order valence-corrected chi connectivity index (χ0v) is 16.7. The van der Waals surface area contributed by atoms with Crippen molar-refractivity contribution >= 4 is 16.5 Å². The fraction of sp³-hybridized carbons (Fsp3) is 0.550. The number of hydrogen-bond acceptors (Lipinski definition) is 6. The Bertz CT molecular complexity index is 661. The van der Waals surface area contributed by atoms with Gasteiger partial charge >= 0.3 is 0 Å². The Balaban J connectivity index is 1.54. The van der Waals surface area contributed by atoms with Crippen molar-refractivity contribution in [3.8, 4) is 0 Å². The largest absolute Gasteiger partial charge is 0.396 e. The molecule has 0 spiro atoms.